The second kappa shape index (κ2) is 4.85. The van der Waals surface area contributed by atoms with Crippen LogP contribution in [0.2, 0.25) is 0 Å². The number of anilines is 1. The van der Waals surface area contributed by atoms with Gasteiger partial charge in [-0.05, 0) is 31.0 Å². The second-order valence-corrected chi connectivity index (χ2v) is 4.59. The normalized spacial score (nSPS) is 21.9. The van der Waals surface area contributed by atoms with Gasteiger partial charge < -0.3 is 15.3 Å². The highest BCUT2D eigenvalue weighted by Crippen LogP contribution is 2.22. The number of aliphatic hydroxyl groups is 1. The van der Waals surface area contributed by atoms with E-state index in [1.807, 2.05) is 0 Å². The summed E-state index contributed by atoms with van der Waals surface area (Å²) in [6.07, 6.45) is -0.276. The van der Waals surface area contributed by atoms with Crippen LogP contribution < -0.4 is 10.2 Å². The highest BCUT2D eigenvalue weighted by Gasteiger charge is 2.17. The first kappa shape index (κ1) is 11.4. The summed E-state index contributed by atoms with van der Waals surface area (Å²) >= 11 is 0. The molecule has 1 atom stereocenters. The van der Waals surface area contributed by atoms with Crippen molar-refractivity contribution in [3.8, 4) is 0 Å². The van der Waals surface area contributed by atoms with Crippen molar-refractivity contribution < 1.29 is 5.11 Å². The monoisotopic (exact) mass is 220 g/mol. The SMILES string of the molecule is Cc1ccc(C)c(N2CCNCC(O)C2)c1. The zero-order chi connectivity index (χ0) is 11.5. The molecule has 1 saturated heterocycles. The van der Waals surface area contributed by atoms with Crippen LogP contribution in [-0.2, 0) is 0 Å². The number of aliphatic hydroxyl groups excluding tert-OH is 1. The summed E-state index contributed by atoms with van der Waals surface area (Å²) in [4.78, 5) is 2.27. The molecule has 3 nitrogen and oxygen atoms in total. The highest BCUT2D eigenvalue weighted by atomic mass is 16.3. The average Bonchev–Trinajstić information content (AvgIpc) is 2.46. The van der Waals surface area contributed by atoms with Gasteiger partial charge in [-0.1, -0.05) is 12.1 Å². The Morgan fingerprint density at radius 1 is 1.38 bits per heavy atom. The molecule has 1 aliphatic rings. The lowest BCUT2D eigenvalue weighted by Gasteiger charge is -2.26. The molecule has 0 aromatic heterocycles. The van der Waals surface area contributed by atoms with Gasteiger partial charge in [-0.25, -0.2) is 0 Å². The van der Waals surface area contributed by atoms with Gasteiger partial charge in [0.25, 0.3) is 0 Å². The fraction of sp³-hybridized carbons (Fsp3) is 0.538. The number of benzene rings is 1. The standard InChI is InChI=1S/C13H20N2O/c1-10-3-4-11(2)13(7-10)15-6-5-14-8-12(16)9-15/h3-4,7,12,14,16H,5-6,8-9H2,1-2H3. The van der Waals surface area contributed by atoms with Gasteiger partial charge in [-0.3, -0.25) is 0 Å². The Morgan fingerprint density at radius 3 is 3.00 bits per heavy atom. The van der Waals surface area contributed by atoms with E-state index in [0.29, 0.717) is 6.54 Å². The van der Waals surface area contributed by atoms with Gasteiger partial charge in [-0.15, -0.1) is 0 Å². The van der Waals surface area contributed by atoms with Crippen LogP contribution in [0, 0.1) is 13.8 Å². The molecule has 0 amide bonds. The van der Waals surface area contributed by atoms with Gasteiger partial charge in [0, 0.05) is 31.9 Å². The summed E-state index contributed by atoms with van der Waals surface area (Å²) in [6, 6.07) is 6.48. The van der Waals surface area contributed by atoms with E-state index < -0.39 is 0 Å². The molecule has 1 aliphatic heterocycles. The lowest BCUT2D eigenvalue weighted by molar-refractivity contribution is 0.185. The molecule has 16 heavy (non-hydrogen) atoms. The summed E-state index contributed by atoms with van der Waals surface area (Å²) < 4.78 is 0. The fourth-order valence-electron chi connectivity index (χ4n) is 2.17. The van der Waals surface area contributed by atoms with E-state index in [2.05, 4.69) is 42.3 Å². The third kappa shape index (κ3) is 2.54. The van der Waals surface area contributed by atoms with E-state index in [1.165, 1.54) is 16.8 Å². The van der Waals surface area contributed by atoms with E-state index in [0.717, 1.165) is 19.6 Å². The number of aryl methyl sites for hydroxylation is 2. The van der Waals surface area contributed by atoms with Crippen molar-refractivity contribution >= 4 is 5.69 Å². The highest BCUT2D eigenvalue weighted by molar-refractivity contribution is 5.55. The molecule has 0 aliphatic carbocycles. The molecule has 1 aromatic carbocycles. The van der Waals surface area contributed by atoms with E-state index in [4.69, 9.17) is 0 Å². The minimum absolute atomic E-state index is 0.276. The molecule has 0 bridgehead atoms. The third-order valence-electron chi connectivity index (χ3n) is 3.07. The Kier molecular flexibility index (Phi) is 3.46. The molecule has 1 unspecified atom stereocenters. The number of hydrogen-bond donors (Lipinski definition) is 2. The zero-order valence-corrected chi connectivity index (χ0v) is 10.0. The van der Waals surface area contributed by atoms with Gasteiger partial charge in [0.05, 0.1) is 6.10 Å². The smallest absolute Gasteiger partial charge is 0.0839 e. The Hall–Kier alpha value is -1.06. The van der Waals surface area contributed by atoms with Crippen LogP contribution >= 0.6 is 0 Å². The van der Waals surface area contributed by atoms with Crippen molar-refractivity contribution in [2.24, 2.45) is 0 Å². The van der Waals surface area contributed by atoms with Gasteiger partial charge in [0.15, 0.2) is 0 Å². The minimum Gasteiger partial charge on any atom is -0.390 e. The minimum atomic E-state index is -0.276. The molecule has 88 valence electrons. The molecule has 0 saturated carbocycles. The quantitative estimate of drug-likeness (QED) is 0.743. The lowest BCUT2D eigenvalue weighted by Crippen LogP contribution is -2.33. The Bertz CT molecular complexity index is 365. The number of β-amino-alcohol motifs (C(OH)–C–C–N with tert-alkyl or cyclic N) is 1. The van der Waals surface area contributed by atoms with E-state index in [9.17, 15) is 5.11 Å². The first-order valence-electron chi connectivity index (χ1n) is 5.88. The lowest BCUT2D eigenvalue weighted by atomic mass is 10.1. The van der Waals surface area contributed by atoms with Crippen molar-refractivity contribution in [1.29, 1.82) is 0 Å². The Labute approximate surface area is 97.1 Å². The Morgan fingerprint density at radius 2 is 2.19 bits per heavy atom. The van der Waals surface area contributed by atoms with Crippen molar-refractivity contribution in [3.63, 3.8) is 0 Å². The maximum atomic E-state index is 9.78. The summed E-state index contributed by atoms with van der Waals surface area (Å²) in [5.41, 5.74) is 3.80. The molecular weight excluding hydrogens is 200 g/mol. The van der Waals surface area contributed by atoms with Crippen LogP contribution in [0.15, 0.2) is 18.2 Å². The van der Waals surface area contributed by atoms with Crippen molar-refractivity contribution in [2.45, 2.75) is 20.0 Å². The van der Waals surface area contributed by atoms with E-state index in [-0.39, 0.29) is 6.10 Å². The molecule has 3 heteroatoms. The van der Waals surface area contributed by atoms with Crippen molar-refractivity contribution in [2.75, 3.05) is 31.1 Å². The maximum absolute atomic E-state index is 9.78. The average molecular weight is 220 g/mol. The second-order valence-electron chi connectivity index (χ2n) is 4.59. The maximum Gasteiger partial charge on any atom is 0.0839 e. The molecule has 0 spiro atoms. The zero-order valence-electron chi connectivity index (χ0n) is 10.0. The van der Waals surface area contributed by atoms with E-state index in [1.54, 1.807) is 0 Å². The Balaban J connectivity index is 2.24. The molecule has 1 heterocycles. The summed E-state index contributed by atoms with van der Waals surface area (Å²) in [7, 11) is 0. The van der Waals surface area contributed by atoms with Gasteiger partial charge >= 0.3 is 0 Å². The third-order valence-corrected chi connectivity index (χ3v) is 3.07. The van der Waals surface area contributed by atoms with Gasteiger partial charge in [0.1, 0.15) is 0 Å². The van der Waals surface area contributed by atoms with E-state index >= 15 is 0 Å². The summed E-state index contributed by atoms with van der Waals surface area (Å²) in [5.74, 6) is 0. The molecule has 0 radical (unpaired) electrons. The predicted molar refractivity (Wildman–Crippen MR) is 67.0 cm³/mol. The number of rotatable bonds is 1. The summed E-state index contributed by atoms with van der Waals surface area (Å²) in [6.45, 7) is 7.54. The molecule has 2 N–H and O–H groups in total. The molecule has 2 rings (SSSR count). The van der Waals surface area contributed by atoms with Crippen molar-refractivity contribution in [3.05, 3.63) is 29.3 Å². The van der Waals surface area contributed by atoms with Crippen LogP contribution in [0.4, 0.5) is 5.69 Å². The van der Waals surface area contributed by atoms with Crippen molar-refractivity contribution in [1.82, 2.24) is 5.32 Å². The first-order chi connectivity index (χ1) is 7.66. The number of nitrogens with one attached hydrogen (secondary N) is 1. The molecule has 1 aromatic rings. The van der Waals surface area contributed by atoms with Crippen LogP contribution in [-0.4, -0.2) is 37.4 Å². The van der Waals surface area contributed by atoms with Crippen LogP contribution in [0.25, 0.3) is 0 Å². The molecular formula is C13H20N2O. The van der Waals surface area contributed by atoms with Gasteiger partial charge in [-0.2, -0.15) is 0 Å². The summed E-state index contributed by atoms with van der Waals surface area (Å²) in [5, 5.41) is 13.0. The van der Waals surface area contributed by atoms with Crippen LogP contribution in [0.3, 0.4) is 0 Å². The largest absolute Gasteiger partial charge is 0.390 e. The van der Waals surface area contributed by atoms with Gasteiger partial charge in [0.2, 0.25) is 0 Å². The number of nitrogens with zero attached hydrogens (tertiary/aromatic N) is 1. The fourth-order valence-corrected chi connectivity index (χ4v) is 2.17. The predicted octanol–water partition coefficient (Wildman–Crippen LogP) is 1.07. The molecule has 1 fully saturated rings. The van der Waals surface area contributed by atoms with Crippen LogP contribution in [0.1, 0.15) is 11.1 Å². The first-order valence-corrected chi connectivity index (χ1v) is 5.88. The van der Waals surface area contributed by atoms with Crippen LogP contribution in [0.5, 0.6) is 0 Å². The topological polar surface area (TPSA) is 35.5 Å². The number of hydrogen-bond acceptors (Lipinski definition) is 3.